The van der Waals surface area contributed by atoms with Gasteiger partial charge in [0.2, 0.25) is 15.9 Å². The molecule has 0 radical (unpaired) electrons. The maximum absolute atomic E-state index is 12.8. The first-order valence-corrected chi connectivity index (χ1v) is 14.2. The summed E-state index contributed by atoms with van der Waals surface area (Å²) in [6.45, 7) is 3.46. The lowest BCUT2D eigenvalue weighted by Crippen LogP contribution is -2.55. The maximum Gasteiger partial charge on any atom is 0.243 e. The molecule has 176 valence electrons. The molecule has 1 aromatic rings. The van der Waals surface area contributed by atoms with E-state index in [2.05, 4.69) is 12.2 Å². The van der Waals surface area contributed by atoms with E-state index >= 15 is 0 Å². The summed E-state index contributed by atoms with van der Waals surface area (Å²) in [4.78, 5) is 13.1. The topological polar surface area (TPSA) is 66.5 Å². The van der Waals surface area contributed by atoms with E-state index in [1.807, 2.05) is 12.1 Å². The first-order chi connectivity index (χ1) is 15.3. The van der Waals surface area contributed by atoms with Crippen LogP contribution in [-0.2, 0) is 21.2 Å². The third-order valence-electron chi connectivity index (χ3n) is 8.90. The number of hydrogen-bond acceptors (Lipinski definition) is 3. The van der Waals surface area contributed by atoms with Crippen molar-refractivity contribution in [3.05, 3.63) is 29.8 Å². The van der Waals surface area contributed by atoms with Gasteiger partial charge in [0.1, 0.15) is 0 Å². The summed E-state index contributed by atoms with van der Waals surface area (Å²) in [6, 6.07) is 7.39. The van der Waals surface area contributed by atoms with Gasteiger partial charge in [-0.25, -0.2) is 8.42 Å². The fourth-order valence-corrected chi connectivity index (χ4v) is 9.03. The fourth-order valence-electron chi connectivity index (χ4n) is 7.51. The highest BCUT2D eigenvalue weighted by molar-refractivity contribution is 7.89. The van der Waals surface area contributed by atoms with Crippen molar-refractivity contribution in [3.8, 4) is 0 Å². The van der Waals surface area contributed by atoms with Crippen LogP contribution in [0.5, 0.6) is 0 Å². The third-order valence-corrected chi connectivity index (χ3v) is 10.8. The molecule has 1 amide bonds. The van der Waals surface area contributed by atoms with E-state index in [1.54, 1.807) is 16.4 Å². The van der Waals surface area contributed by atoms with Gasteiger partial charge in [0, 0.05) is 25.6 Å². The number of aryl methyl sites for hydroxylation is 1. The fraction of sp³-hybridized carbons (Fsp3) is 0.731. The van der Waals surface area contributed by atoms with Crippen LogP contribution in [0.2, 0.25) is 0 Å². The van der Waals surface area contributed by atoms with Crippen LogP contribution in [0.15, 0.2) is 29.2 Å². The lowest BCUT2D eigenvalue weighted by molar-refractivity contribution is -0.125. The van der Waals surface area contributed by atoms with E-state index in [-0.39, 0.29) is 11.9 Å². The van der Waals surface area contributed by atoms with Crippen LogP contribution < -0.4 is 5.32 Å². The zero-order chi connectivity index (χ0) is 22.3. The molecular formula is C26H38N2O3S. The Labute approximate surface area is 193 Å². The van der Waals surface area contributed by atoms with Gasteiger partial charge in [-0.15, -0.1) is 0 Å². The first kappa shape index (κ1) is 22.4. The van der Waals surface area contributed by atoms with Gasteiger partial charge >= 0.3 is 0 Å². The minimum absolute atomic E-state index is 0.123. The second kappa shape index (κ2) is 8.75. The van der Waals surface area contributed by atoms with Gasteiger partial charge in [-0.1, -0.05) is 18.6 Å². The monoisotopic (exact) mass is 458 g/mol. The molecule has 6 rings (SSSR count). The zero-order valence-corrected chi connectivity index (χ0v) is 20.2. The molecule has 1 saturated heterocycles. The van der Waals surface area contributed by atoms with Crippen molar-refractivity contribution < 1.29 is 13.2 Å². The number of rotatable bonds is 7. The average Bonchev–Trinajstić information content (AvgIpc) is 2.78. The second-order valence-corrected chi connectivity index (χ2v) is 13.1. The van der Waals surface area contributed by atoms with Crippen LogP contribution in [0.4, 0.5) is 0 Å². The Morgan fingerprint density at radius 1 is 1.00 bits per heavy atom. The standard InChI is InChI=1S/C26H38N2O3S/c1-19(26-16-21-13-22(17-26)15-23(14-21)18-26)27-25(29)10-7-20-5-8-24(9-6-20)32(30,31)28-11-3-2-4-12-28/h5-6,8-9,19,21-23H,2-4,7,10-18H2,1H3,(H,27,29). The summed E-state index contributed by atoms with van der Waals surface area (Å²) in [7, 11) is -3.39. The predicted molar refractivity (Wildman–Crippen MR) is 126 cm³/mol. The Hall–Kier alpha value is -1.40. The molecule has 5 nitrogen and oxygen atoms in total. The molecule has 1 N–H and O–H groups in total. The Kier molecular flexibility index (Phi) is 6.12. The molecule has 1 unspecified atom stereocenters. The van der Waals surface area contributed by atoms with Crippen molar-refractivity contribution >= 4 is 15.9 Å². The molecular weight excluding hydrogens is 420 g/mol. The van der Waals surface area contributed by atoms with Gasteiger partial charge in [-0.3, -0.25) is 4.79 Å². The van der Waals surface area contributed by atoms with E-state index in [4.69, 9.17) is 0 Å². The van der Waals surface area contributed by atoms with E-state index in [0.717, 1.165) is 42.6 Å². The number of sulfonamides is 1. The highest BCUT2D eigenvalue weighted by Crippen LogP contribution is 2.61. The Balaban J connectivity index is 1.14. The van der Waals surface area contributed by atoms with E-state index in [1.165, 1.54) is 38.5 Å². The molecule has 1 aromatic carbocycles. The molecule has 0 aromatic heterocycles. The van der Waals surface area contributed by atoms with Crippen LogP contribution >= 0.6 is 0 Å². The van der Waals surface area contributed by atoms with Gasteiger partial charge in [0.25, 0.3) is 0 Å². The minimum atomic E-state index is -3.39. The summed E-state index contributed by atoms with van der Waals surface area (Å²) in [5.74, 6) is 2.79. The van der Waals surface area contributed by atoms with E-state index in [9.17, 15) is 13.2 Å². The molecule has 4 aliphatic carbocycles. The van der Waals surface area contributed by atoms with Crippen molar-refractivity contribution in [2.45, 2.75) is 88.5 Å². The van der Waals surface area contributed by atoms with Crippen LogP contribution in [0.1, 0.15) is 76.7 Å². The van der Waals surface area contributed by atoms with Gasteiger partial charge in [-0.05, 0) is 106 Å². The molecule has 1 heterocycles. The second-order valence-electron chi connectivity index (χ2n) is 11.2. The number of carbonyl (C=O) groups excluding carboxylic acids is 1. The Bertz CT molecular complexity index is 899. The third kappa shape index (κ3) is 4.37. The number of hydrogen-bond donors (Lipinski definition) is 1. The number of amides is 1. The summed E-state index contributed by atoms with van der Waals surface area (Å²) >= 11 is 0. The largest absolute Gasteiger partial charge is 0.353 e. The molecule has 1 aliphatic heterocycles. The molecule has 6 heteroatoms. The highest BCUT2D eigenvalue weighted by atomic mass is 32.2. The van der Waals surface area contributed by atoms with Crippen LogP contribution in [0, 0.1) is 23.2 Å². The van der Waals surface area contributed by atoms with Gasteiger partial charge < -0.3 is 5.32 Å². The Morgan fingerprint density at radius 3 is 2.12 bits per heavy atom. The molecule has 1 atom stereocenters. The molecule has 5 aliphatic rings. The summed E-state index contributed by atoms with van der Waals surface area (Å²) in [5.41, 5.74) is 1.34. The quantitative estimate of drug-likeness (QED) is 0.653. The normalized spacial score (nSPS) is 33.2. The minimum Gasteiger partial charge on any atom is -0.353 e. The lowest BCUT2D eigenvalue weighted by Gasteiger charge is -2.59. The summed E-state index contributed by atoms with van der Waals surface area (Å²) < 4.78 is 27.2. The number of benzene rings is 1. The maximum atomic E-state index is 12.8. The summed E-state index contributed by atoms with van der Waals surface area (Å²) in [6.07, 6.45) is 12.2. The number of nitrogens with zero attached hydrogens (tertiary/aromatic N) is 1. The van der Waals surface area contributed by atoms with Gasteiger partial charge in [0.15, 0.2) is 0 Å². The van der Waals surface area contributed by atoms with Gasteiger partial charge in [0.05, 0.1) is 4.90 Å². The van der Waals surface area contributed by atoms with Crippen molar-refractivity contribution in [1.29, 1.82) is 0 Å². The van der Waals surface area contributed by atoms with Crippen LogP contribution in [0.3, 0.4) is 0 Å². The molecule has 5 fully saturated rings. The van der Waals surface area contributed by atoms with Crippen molar-refractivity contribution in [1.82, 2.24) is 9.62 Å². The highest BCUT2D eigenvalue weighted by Gasteiger charge is 2.53. The van der Waals surface area contributed by atoms with Gasteiger partial charge in [-0.2, -0.15) is 4.31 Å². The summed E-state index contributed by atoms with van der Waals surface area (Å²) in [5, 5.41) is 3.34. The first-order valence-electron chi connectivity index (χ1n) is 12.7. The van der Waals surface area contributed by atoms with E-state index in [0.29, 0.717) is 36.2 Å². The van der Waals surface area contributed by atoms with E-state index < -0.39 is 10.0 Å². The van der Waals surface area contributed by atoms with Crippen molar-refractivity contribution in [3.63, 3.8) is 0 Å². The molecule has 0 spiro atoms. The van der Waals surface area contributed by atoms with Crippen molar-refractivity contribution in [2.75, 3.05) is 13.1 Å². The number of piperidine rings is 1. The average molecular weight is 459 g/mol. The Morgan fingerprint density at radius 2 is 1.56 bits per heavy atom. The molecule has 4 bridgehead atoms. The number of carbonyl (C=O) groups is 1. The molecule has 4 saturated carbocycles. The predicted octanol–water partition coefficient (Wildman–Crippen LogP) is 4.51. The van der Waals surface area contributed by atoms with Crippen LogP contribution in [0.25, 0.3) is 0 Å². The lowest BCUT2D eigenvalue weighted by atomic mass is 9.48. The van der Waals surface area contributed by atoms with Crippen LogP contribution in [-0.4, -0.2) is 37.8 Å². The smallest absolute Gasteiger partial charge is 0.243 e. The SMILES string of the molecule is CC(NC(=O)CCc1ccc(S(=O)(=O)N2CCCCC2)cc1)C12CC3CC(CC(C3)C1)C2. The number of nitrogens with one attached hydrogen (secondary N) is 1. The molecule has 32 heavy (non-hydrogen) atoms. The van der Waals surface area contributed by atoms with Crippen molar-refractivity contribution in [2.24, 2.45) is 23.2 Å². The zero-order valence-electron chi connectivity index (χ0n) is 19.4.